The van der Waals surface area contributed by atoms with Gasteiger partial charge in [-0.1, -0.05) is 24.0 Å². The van der Waals surface area contributed by atoms with Crippen molar-refractivity contribution in [1.82, 2.24) is 20.1 Å². The van der Waals surface area contributed by atoms with Crippen LogP contribution in [0.4, 0.5) is 10.8 Å². The number of hydrogen-bond donors (Lipinski definition) is 3. The molecule has 1 aliphatic heterocycles. The molecule has 0 atom stereocenters. The molecule has 148 valence electrons. The van der Waals surface area contributed by atoms with Crippen molar-refractivity contribution in [3.63, 3.8) is 0 Å². The van der Waals surface area contributed by atoms with Crippen LogP contribution in [-0.4, -0.2) is 37.2 Å². The van der Waals surface area contributed by atoms with Gasteiger partial charge in [-0.2, -0.15) is 5.10 Å². The van der Waals surface area contributed by atoms with Crippen LogP contribution in [0.15, 0.2) is 43.2 Å². The van der Waals surface area contributed by atoms with Crippen LogP contribution < -0.4 is 10.6 Å². The number of nitrogens with zero attached hydrogens (tertiary/aromatic N) is 3. The van der Waals surface area contributed by atoms with Gasteiger partial charge >= 0.3 is 0 Å². The SMILES string of the molecule is C=CC(=O)n1cc(-c2ccc(O)c(Nc3nc4c(s3)C(=O)NC(C)(C)C4)c2)cn1. The number of amides is 1. The lowest BCUT2D eigenvalue weighted by Crippen LogP contribution is -2.48. The topological polar surface area (TPSA) is 109 Å². The molecule has 2 aromatic heterocycles. The van der Waals surface area contributed by atoms with Crippen LogP contribution in [0.3, 0.4) is 0 Å². The van der Waals surface area contributed by atoms with Crippen LogP contribution in [0.1, 0.15) is 34.0 Å². The molecule has 0 aliphatic carbocycles. The highest BCUT2D eigenvalue weighted by Crippen LogP contribution is 2.35. The second kappa shape index (κ2) is 6.85. The highest BCUT2D eigenvalue weighted by Gasteiger charge is 2.33. The van der Waals surface area contributed by atoms with Crippen LogP contribution in [0.2, 0.25) is 0 Å². The molecule has 0 radical (unpaired) electrons. The van der Waals surface area contributed by atoms with E-state index in [-0.39, 0.29) is 23.1 Å². The summed E-state index contributed by atoms with van der Waals surface area (Å²) in [7, 11) is 0. The van der Waals surface area contributed by atoms with E-state index in [1.807, 2.05) is 13.8 Å². The third kappa shape index (κ3) is 3.64. The zero-order chi connectivity index (χ0) is 20.8. The van der Waals surface area contributed by atoms with E-state index < -0.39 is 0 Å². The molecule has 3 aromatic rings. The fourth-order valence-corrected chi connectivity index (χ4v) is 4.04. The number of rotatable bonds is 4. The molecule has 0 saturated heterocycles. The Morgan fingerprint density at radius 2 is 2.21 bits per heavy atom. The first-order valence-corrected chi connectivity index (χ1v) is 9.71. The molecule has 0 fully saturated rings. The molecule has 0 unspecified atom stereocenters. The third-order valence-corrected chi connectivity index (χ3v) is 5.53. The quantitative estimate of drug-likeness (QED) is 0.450. The number of phenols is 1. The maximum Gasteiger partial charge on any atom is 0.270 e. The molecular weight excluding hydrogens is 390 g/mol. The first-order chi connectivity index (χ1) is 13.8. The number of nitrogens with one attached hydrogen (secondary N) is 2. The lowest BCUT2D eigenvalue weighted by molar-refractivity contribution is 0.0899. The molecule has 29 heavy (non-hydrogen) atoms. The standard InChI is InChI=1S/C20H19N5O3S/c1-4-16(27)25-10-12(9-21-25)11-5-6-15(26)13(7-11)22-19-23-14-8-20(2,3)24-18(28)17(14)29-19/h4-7,9-10,26H,1,8H2,2-3H3,(H,22,23)(H,24,28). The van der Waals surface area contributed by atoms with Gasteiger partial charge in [-0.05, 0) is 37.6 Å². The third-order valence-electron chi connectivity index (χ3n) is 4.52. The number of aromatic hydroxyl groups is 1. The fourth-order valence-electron chi connectivity index (χ4n) is 3.15. The molecule has 8 nitrogen and oxygen atoms in total. The monoisotopic (exact) mass is 409 g/mol. The number of carbonyl (C=O) groups is 2. The van der Waals surface area contributed by atoms with E-state index in [9.17, 15) is 14.7 Å². The van der Waals surface area contributed by atoms with Gasteiger partial charge in [0.15, 0.2) is 5.13 Å². The minimum absolute atomic E-state index is 0.0428. The number of phenolic OH excluding ortho intramolecular Hbond substituents is 1. The number of anilines is 2. The van der Waals surface area contributed by atoms with E-state index in [1.165, 1.54) is 22.1 Å². The van der Waals surface area contributed by atoms with Crippen LogP contribution in [-0.2, 0) is 6.42 Å². The van der Waals surface area contributed by atoms with Gasteiger partial charge in [0.1, 0.15) is 10.6 Å². The summed E-state index contributed by atoms with van der Waals surface area (Å²) in [5.74, 6) is -0.428. The number of allylic oxidation sites excluding steroid dienone is 1. The normalized spacial score (nSPS) is 14.8. The Hall–Kier alpha value is -3.46. The zero-order valence-corrected chi connectivity index (χ0v) is 16.7. The fraction of sp³-hybridized carbons (Fsp3) is 0.200. The van der Waals surface area contributed by atoms with Crippen LogP contribution in [0.25, 0.3) is 11.1 Å². The second-order valence-corrected chi connectivity index (χ2v) is 8.38. The van der Waals surface area contributed by atoms with Gasteiger partial charge in [0.2, 0.25) is 0 Å². The Kier molecular flexibility index (Phi) is 4.46. The average molecular weight is 409 g/mol. The van der Waals surface area contributed by atoms with Crippen molar-refractivity contribution in [2.45, 2.75) is 25.8 Å². The largest absolute Gasteiger partial charge is 0.506 e. The molecule has 0 spiro atoms. The van der Waals surface area contributed by atoms with Crippen molar-refractivity contribution in [2.75, 3.05) is 5.32 Å². The lowest BCUT2D eigenvalue weighted by Gasteiger charge is -2.29. The van der Waals surface area contributed by atoms with Crippen LogP contribution >= 0.6 is 11.3 Å². The summed E-state index contributed by atoms with van der Waals surface area (Å²) in [4.78, 5) is 29.1. The summed E-state index contributed by atoms with van der Waals surface area (Å²) in [6.07, 6.45) is 4.97. The molecule has 9 heteroatoms. The second-order valence-electron chi connectivity index (χ2n) is 7.38. The summed E-state index contributed by atoms with van der Waals surface area (Å²) in [5, 5.41) is 20.9. The minimum Gasteiger partial charge on any atom is -0.506 e. The molecule has 4 rings (SSSR count). The summed E-state index contributed by atoms with van der Waals surface area (Å²) in [6.45, 7) is 7.35. The van der Waals surface area contributed by atoms with Crippen LogP contribution in [0, 0.1) is 0 Å². The Balaban J connectivity index is 1.63. The lowest BCUT2D eigenvalue weighted by atomic mass is 9.94. The molecule has 3 heterocycles. The van der Waals surface area contributed by atoms with Gasteiger partial charge in [-0.3, -0.25) is 9.59 Å². The van der Waals surface area contributed by atoms with Gasteiger partial charge in [0, 0.05) is 23.7 Å². The minimum atomic E-state index is -0.347. The number of aromatic nitrogens is 3. The summed E-state index contributed by atoms with van der Waals surface area (Å²) in [6, 6.07) is 5.01. The van der Waals surface area contributed by atoms with E-state index in [0.29, 0.717) is 27.7 Å². The van der Waals surface area contributed by atoms with E-state index in [0.717, 1.165) is 11.3 Å². The van der Waals surface area contributed by atoms with Gasteiger partial charge < -0.3 is 15.7 Å². The average Bonchev–Trinajstić information content (AvgIpc) is 3.29. The van der Waals surface area contributed by atoms with Gasteiger partial charge in [-0.25, -0.2) is 9.67 Å². The smallest absolute Gasteiger partial charge is 0.270 e. The van der Waals surface area contributed by atoms with Crippen molar-refractivity contribution in [3.05, 3.63) is 53.8 Å². The molecule has 1 amide bonds. The summed E-state index contributed by atoms with van der Waals surface area (Å²) in [5.41, 5.74) is 2.30. The van der Waals surface area contributed by atoms with Crippen molar-refractivity contribution in [2.24, 2.45) is 0 Å². The van der Waals surface area contributed by atoms with E-state index in [2.05, 4.69) is 27.3 Å². The number of benzene rings is 1. The van der Waals surface area contributed by atoms with Crippen molar-refractivity contribution >= 4 is 34.0 Å². The van der Waals surface area contributed by atoms with Crippen molar-refractivity contribution in [3.8, 4) is 16.9 Å². The molecular formula is C20H19N5O3S. The number of carbonyl (C=O) groups excluding carboxylic acids is 2. The maximum absolute atomic E-state index is 12.3. The first-order valence-electron chi connectivity index (χ1n) is 8.90. The molecule has 3 N–H and O–H groups in total. The predicted octanol–water partition coefficient (Wildman–Crippen LogP) is 3.35. The highest BCUT2D eigenvalue weighted by atomic mass is 32.1. The Labute approximate surface area is 170 Å². The molecule has 0 saturated carbocycles. The molecule has 1 aliphatic rings. The van der Waals surface area contributed by atoms with Crippen molar-refractivity contribution in [1.29, 1.82) is 0 Å². The number of fused-ring (bicyclic) bond motifs is 1. The molecule has 1 aromatic carbocycles. The highest BCUT2D eigenvalue weighted by molar-refractivity contribution is 7.17. The predicted molar refractivity (Wildman–Crippen MR) is 111 cm³/mol. The van der Waals surface area contributed by atoms with E-state index in [4.69, 9.17) is 0 Å². The number of thiazole rings is 1. The van der Waals surface area contributed by atoms with Crippen molar-refractivity contribution < 1.29 is 14.7 Å². The van der Waals surface area contributed by atoms with E-state index in [1.54, 1.807) is 30.6 Å². The Morgan fingerprint density at radius 3 is 2.97 bits per heavy atom. The zero-order valence-electron chi connectivity index (χ0n) is 15.9. The van der Waals surface area contributed by atoms with Gasteiger partial charge in [0.25, 0.3) is 11.8 Å². The molecule has 0 bridgehead atoms. The van der Waals surface area contributed by atoms with Crippen LogP contribution in [0.5, 0.6) is 5.75 Å². The Bertz CT molecular complexity index is 1140. The Morgan fingerprint density at radius 1 is 1.41 bits per heavy atom. The van der Waals surface area contributed by atoms with E-state index >= 15 is 0 Å². The first kappa shape index (κ1) is 18.9. The van der Waals surface area contributed by atoms with Gasteiger partial charge in [-0.15, -0.1) is 0 Å². The maximum atomic E-state index is 12.3. The van der Waals surface area contributed by atoms with Gasteiger partial charge in [0.05, 0.1) is 17.6 Å². The summed E-state index contributed by atoms with van der Waals surface area (Å²) < 4.78 is 1.19. The number of hydrogen-bond acceptors (Lipinski definition) is 7. The summed E-state index contributed by atoms with van der Waals surface area (Å²) >= 11 is 1.24.